The second kappa shape index (κ2) is 6.89. The molecule has 0 aromatic rings. The topological polar surface area (TPSA) is 83.6 Å². The van der Waals surface area contributed by atoms with Gasteiger partial charge >= 0.3 is 5.97 Å². The molecule has 3 N–H and O–H groups in total. The van der Waals surface area contributed by atoms with Crippen molar-refractivity contribution in [3.8, 4) is 0 Å². The number of nitrogens with two attached hydrogens (primary N) is 1. The quantitative estimate of drug-likeness (QED) is 0.743. The molecule has 0 radical (unpaired) electrons. The minimum absolute atomic E-state index is 0.0915. The van der Waals surface area contributed by atoms with Crippen molar-refractivity contribution in [2.75, 3.05) is 13.6 Å². The average molecular weight is 270 g/mol. The monoisotopic (exact) mass is 270 g/mol. The molecule has 5 nitrogen and oxygen atoms in total. The predicted octanol–water partition coefficient (Wildman–Crippen LogP) is 1.61. The highest BCUT2D eigenvalue weighted by Crippen LogP contribution is 2.36. The van der Waals surface area contributed by atoms with Crippen molar-refractivity contribution >= 4 is 11.9 Å². The highest BCUT2D eigenvalue weighted by atomic mass is 16.4. The minimum Gasteiger partial charge on any atom is -0.480 e. The van der Waals surface area contributed by atoms with Crippen molar-refractivity contribution in [3.63, 3.8) is 0 Å². The van der Waals surface area contributed by atoms with Crippen LogP contribution in [0.4, 0.5) is 0 Å². The smallest absolute Gasteiger partial charge is 0.326 e. The van der Waals surface area contributed by atoms with Gasteiger partial charge in [0.25, 0.3) is 0 Å². The van der Waals surface area contributed by atoms with E-state index >= 15 is 0 Å². The van der Waals surface area contributed by atoms with E-state index in [0.29, 0.717) is 13.0 Å². The number of hydrogen-bond acceptors (Lipinski definition) is 3. The predicted molar refractivity (Wildman–Crippen MR) is 73.7 cm³/mol. The lowest BCUT2D eigenvalue weighted by molar-refractivity contribution is -0.154. The third kappa shape index (κ3) is 3.47. The van der Waals surface area contributed by atoms with E-state index in [0.717, 1.165) is 38.5 Å². The fraction of sp³-hybridized carbons (Fsp3) is 0.857. The first-order chi connectivity index (χ1) is 8.98. The molecule has 1 atom stereocenters. The lowest BCUT2D eigenvalue weighted by atomic mass is 9.78. The summed E-state index contributed by atoms with van der Waals surface area (Å²) in [4.78, 5) is 25.3. The number of hydrogen-bond donors (Lipinski definition) is 2. The fourth-order valence-electron chi connectivity index (χ4n) is 3.04. The number of aliphatic carboxylic acids is 1. The van der Waals surface area contributed by atoms with Crippen LogP contribution in [-0.2, 0) is 9.59 Å². The largest absolute Gasteiger partial charge is 0.480 e. The van der Waals surface area contributed by atoms with Crippen molar-refractivity contribution in [1.29, 1.82) is 0 Å². The van der Waals surface area contributed by atoms with Gasteiger partial charge in [0.15, 0.2) is 0 Å². The molecular weight excluding hydrogens is 244 g/mol. The fourth-order valence-corrected chi connectivity index (χ4v) is 3.04. The van der Waals surface area contributed by atoms with Crippen molar-refractivity contribution < 1.29 is 14.7 Å². The van der Waals surface area contributed by atoms with E-state index in [1.165, 1.54) is 4.90 Å². The number of likely N-dealkylation sites (N-methyl/N-ethyl adjacent to an activating group) is 1. The second-order valence-electron chi connectivity index (χ2n) is 5.58. The molecule has 1 aliphatic carbocycles. The van der Waals surface area contributed by atoms with Crippen LogP contribution in [0.25, 0.3) is 0 Å². The van der Waals surface area contributed by atoms with Gasteiger partial charge in [0, 0.05) is 13.6 Å². The number of nitrogens with zero attached hydrogens (tertiary/aromatic N) is 1. The summed E-state index contributed by atoms with van der Waals surface area (Å²) in [7, 11) is 1.59. The van der Waals surface area contributed by atoms with E-state index < -0.39 is 17.4 Å². The van der Waals surface area contributed by atoms with Crippen LogP contribution in [0.1, 0.15) is 51.9 Å². The number of rotatable bonds is 5. The third-order valence-electron chi connectivity index (χ3n) is 4.36. The maximum absolute atomic E-state index is 12.7. The molecule has 1 aliphatic rings. The second-order valence-corrected chi connectivity index (χ2v) is 5.58. The minimum atomic E-state index is -0.945. The van der Waals surface area contributed by atoms with Crippen LogP contribution < -0.4 is 5.73 Å². The maximum Gasteiger partial charge on any atom is 0.326 e. The summed E-state index contributed by atoms with van der Waals surface area (Å²) < 4.78 is 0. The normalized spacial score (nSPS) is 20.4. The van der Waals surface area contributed by atoms with Gasteiger partial charge in [0.2, 0.25) is 5.91 Å². The molecule has 1 rings (SSSR count). The van der Waals surface area contributed by atoms with Crippen LogP contribution in [0.15, 0.2) is 0 Å². The molecule has 0 heterocycles. The zero-order valence-electron chi connectivity index (χ0n) is 12.0. The van der Waals surface area contributed by atoms with Crippen molar-refractivity contribution in [3.05, 3.63) is 0 Å². The average Bonchev–Trinajstić information content (AvgIpc) is 2.64. The Balaban J connectivity index is 2.90. The van der Waals surface area contributed by atoms with E-state index in [1.54, 1.807) is 14.0 Å². The van der Waals surface area contributed by atoms with E-state index in [4.69, 9.17) is 5.73 Å². The number of carboxylic acids is 1. The van der Waals surface area contributed by atoms with E-state index in [1.807, 2.05) is 0 Å². The Hall–Kier alpha value is -1.10. The van der Waals surface area contributed by atoms with Gasteiger partial charge in [-0.15, -0.1) is 0 Å². The van der Waals surface area contributed by atoms with Crippen LogP contribution in [0.5, 0.6) is 0 Å². The summed E-state index contributed by atoms with van der Waals surface area (Å²) in [5.41, 5.74) is 5.32. The SMILES string of the molecule is CCC(C(=O)O)N(C)C(=O)C1(CN)CCCCCC1. The Morgan fingerprint density at radius 2 is 1.79 bits per heavy atom. The summed E-state index contributed by atoms with van der Waals surface area (Å²) in [6.07, 6.45) is 6.24. The van der Waals surface area contributed by atoms with Gasteiger partial charge in [0.1, 0.15) is 6.04 Å². The van der Waals surface area contributed by atoms with Gasteiger partial charge in [-0.2, -0.15) is 0 Å². The molecule has 0 spiro atoms. The van der Waals surface area contributed by atoms with Crippen molar-refractivity contribution in [1.82, 2.24) is 4.90 Å². The first-order valence-corrected chi connectivity index (χ1v) is 7.18. The van der Waals surface area contributed by atoms with Gasteiger partial charge in [-0.05, 0) is 19.3 Å². The molecule has 1 saturated carbocycles. The molecule has 1 amide bonds. The van der Waals surface area contributed by atoms with Crippen LogP contribution in [0, 0.1) is 5.41 Å². The molecular formula is C14H26N2O3. The lowest BCUT2D eigenvalue weighted by Gasteiger charge is -2.36. The van der Waals surface area contributed by atoms with Crippen molar-refractivity contribution in [2.45, 2.75) is 57.9 Å². The summed E-state index contributed by atoms with van der Waals surface area (Å²) in [5, 5.41) is 9.18. The summed E-state index contributed by atoms with van der Waals surface area (Å²) in [6.45, 7) is 2.09. The number of carboxylic acid groups (broad SMARTS) is 1. The zero-order valence-corrected chi connectivity index (χ0v) is 12.0. The first-order valence-electron chi connectivity index (χ1n) is 7.18. The molecule has 1 unspecified atom stereocenters. The van der Waals surface area contributed by atoms with Crippen LogP contribution in [0.2, 0.25) is 0 Å². The molecule has 110 valence electrons. The highest BCUT2D eigenvalue weighted by Gasteiger charge is 2.41. The molecule has 0 bridgehead atoms. The summed E-state index contributed by atoms with van der Waals surface area (Å²) in [6, 6.07) is -0.751. The van der Waals surface area contributed by atoms with E-state index in [9.17, 15) is 14.7 Å². The summed E-state index contributed by atoms with van der Waals surface area (Å²) in [5.74, 6) is -1.04. The van der Waals surface area contributed by atoms with Gasteiger partial charge < -0.3 is 15.7 Å². The van der Waals surface area contributed by atoms with E-state index in [-0.39, 0.29) is 5.91 Å². The Labute approximate surface area is 115 Å². The molecule has 5 heteroatoms. The Morgan fingerprint density at radius 1 is 1.26 bits per heavy atom. The number of carbonyl (C=O) groups excluding carboxylic acids is 1. The van der Waals surface area contributed by atoms with Crippen LogP contribution in [-0.4, -0.2) is 41.5 Å². The van der Waals surface area contributed by atoms with Crippen LogP contribution in [0.3, 0.4) is 0 Å². The maximum atomic E-state index is 12.7. The van der Waals surface area contributed by atoms with E-state index in [2.05, 4.69) is 0 Å². The summed E-state index contributed by atoms with van der Waals surface area (Å²) >= 11 is 0. The van der Waals surface area contributed by atoms with Gasteiger partial charge in [-0.25, -0.2) is 4.79 Å². The van der Waals surface area contributed by atoms with Crippen molar-refractivity contribution in [2.24, 2.45) is 11.1 Å². The molecule has 0 saturated heterocycles. The molecule has 19 heavy (non-hydrogen) atoms. The van der Waals surface area contributed by atoms with Gasteiger partial charge in [-0.3, -0.25) is 4.79 Å². The first kappa shape index (κ1) is 16.0. The molecule has 0 aromatic carbocycles. The Kier molecular flexibility index (Phi) is 5.79. The molecule has 0 aromatic heterocycles. The zero-order chi connectivity index (χ0) is 14.5. The third-order valence-corrected chi connectivity index (χ3v) is 4.36. The molecule has 0 aliphatic heterocycles. The Bertz CT molecular complexity index is 323. The highest BCUT2D eigenvalue weighted by molar-refractivity contribution is 5.87. The van der Waals surface area contributed by atoms with Gasteiger partial charge in [-0.1, -0.05) is 32.6 Å². The van der Waals surface area contributed by atoms with Gasteiger partial charge in [0.05, 0.1) is 5.41 Å². The number of carbonyl (C=O) groups is 2. The Morgan fingerprint density at radius 3 is 2.16 bits per heavy atom. The van der Waals surface area contributed by atoms with Crippen LogP contribution >= 0.6 is 0 Å². The lowest BCUT2D eigenvalue weighted by Crippen LogP contribution is -2.52. The number of amides is 1. The molecule has 1 fully saturated rings. The standard InChI is InChI=1S/C14H26N2O3/c1-3-11(12(17)18)16(2)13(19)14(10-15)8-6-4-5-7-9-14/h11H,3-10,15H2,1-2H3,(H,17,18).